The largest absolute Gasteiger partial charge is 0.480 e. The summed E-state index contributed by atoms with van der Waals surface area (Å²) in [6, 6.07) is 0. The van der Waals surface area contributed by atoms with Crippen molar-refractivity contribution >= 4 is 17.7 Å². The van der Waals surface area contributed by atoms with Crippen LogP contribution in [-0.2, 0) is 4.79 Å². The molecule has 4 fully saturated rings. The molecule has 0 spiro atoms. The summed E-state index contributed by atoms with van der Waals surface area (Å²) in [6.45, 7) is 4.10. The lowest BCUT2D eigenvalue weighted by Crippen LogP contribution is -2.50. The van der Waals surface area contributed by atoms with Gasteiger partial charge >= 0.3 is 5.97 Å². The Morgan fingerprint density at radius 1 is 1.11 bits per heavy atom. The average Bonchev–Trinajstić information content (AvgIpc) is 2.23. The first-order chi connectivity index (χ1) is 8.47. The molecule has 0 saturated heterocycles. The van der Waals surface area contributed by atoms with Crippen molar-refractivity contribution in [2.45, 2.75) is 62.4 Å². The smallest absolute Gasteiger partial charge is 0.316 e. The van der Waals surface area contributed by atoms with E-state index >= 15 is 0 Å². The highest BCUT2D eigenvalue weighted by Gasteiger charge is 2.52. The predicted octanol–water partition coefficient (Wildman–Crippen LogP) is 3.80. The Labute approximate surface area is 114 Å². The summed E-state index contributed by atoms with van der Waals surface area (Å²) >= 11 is 1.82. The number of hydrogen-bond donors (Lipinski definition) is 1. The first-order valence-electron chi connectivity index (χ1n) is 7.38. The number of carbonyl (C=O) groups is 1. The van der Waals surface area contributed by atoms with E-state index in [2.05, 4.69) is 0 Å². The van der Waals surface area contributed by atoms with Gasteiger partial charge in [-0.1, -0.05) is 13.8 Å². The van der Waals surface area contributed by atoms with Gasteiger partial charge in [-0.2, -0.15) is 0 Å². The van der Waals surface area contributed by atoms with Gasteiger partial charge < -0.3 is 5.11 Å². The highest BCUT2D eigenvalue weighted by atomic mass is 32.2. The second-order valence-electron chi connectivity index (χ2n) is 7.22. The Morgan fingerprint density at radius 2 is 1.56 bits per heavy atom. The van der Waals surface area contributed by atoms with Crippen LogP contribution >= 0.6 is 11.8 Å². The van der Waals surface area contributed by atoms with Crippen LogP contribution in [0.5, 0.6) is 0 Å². The van der Waals surface area contributed by atoms with E-state index in [0.717, 1.165) is 17.8 Å². The zero-order valence-electron chi connectivity index (χ0n) is 11.4. The molecule has 102 valence electrons. The predicted molar refractivity (Wildman–Crippen MR) is 74.8 cm³/mol. The van der Waals surface area contributed by atoms with Gasteiger partial charge in [0, 0.05) is 4.75 Å². The third-order valence-electron chi connectivity index (χ3n) is 5.21. The van der Waals surface area contributed by atoms with Crippen LogP contribution in [0.25, 0.3) is 0 Å². The highest BCUT2D eigenvalue weighted by Crippen LogP contribution is 2.61. The molecule has 0 aliphatic heterocycles. The molecule has 4 rings (SSSR count). The van der Waals surface area contributed by atoms with Gasteiger partial charge in [-0.05, 0) is 62.2 Å². The summed E-state index contributed by atoms with van der Waals surface area (Å²) in [5.74, 6) is 2.35. The quantitative estimate of drug-likeness (QED) is 0.842. The normalized spacial score (nSPS) is 43.4. The lowest BCUT2D eigenvalue weighted by Gasteiger charge is -2.57. The Morgan fingerprint density at radius 3 is 1.89 bits per heavy atom. The lowest BCUT2D eigenvalue weighted by atomic mass is 9.56. The number of thioether (sulfide) groups is 1. The third-order valence-corrected chi connectivity index (χ3v) is 7.21. The van der Waals surface area contributed by atoms with E-state index < -0.39 is 5.97 Å². The maximum absolute atomic E-state index is 11.4. The standard InChI is InChI=1S/C15H24O2S/c1-9(2)13(14(16)17)18-15-6-10-3-11(7-15)5-12(4-10)8-15/h9-13H,3-8H2,1-2H3,(H,16,17). The maximum Gasteiger partial charge on any atom is 0.316 e. The molecule has 1 atom stereocenters. The fourth-order valence-corrected chi connectivity index (χ4v) is 6.82. The molecular weight excluding hydrogens is 244 g/mol. The Hall–Kier alpha value is -0.180. The summed E-state index contributed by atoms with van der Waals surface area (Å²) in [5, 5.41) is 9.22. The van der Waals surface area contributed by atoms with E-state index in [1.54, 1.807) is 0 Å². The molecule has 4 saturated carbocycles. The van der Waals surface area contributed by atoms with Gasteiger partial charge in [0.1, 0.15) is 5.25 Å². The van der Waals surface area contributed by atoms with Crippen molar-refractivity contribution in [3.63, 3.8) is 0 Å². The van der Waals surface area contributed by atoms with Crippen LogP contribution in [0, 0.1) is 23.7 Å². The number of rotatable bonds is 4. The lowest BCUT2D eigenvalue weighted by molar-refractivity contribution is -0.137. The Kier molecular flexibility index (Phi) is 3.16. The molecule has 18 heavy (non-hydrogen) atoms. The van der Waals surface area contributed by atoms with Crippen molar-refractivity contribution in [2.75, 3.05) is 0 Å². The van der Waals surface area contributed by atoms with Crippen molar-refractivity contribution in [3.05, 3.63) is 0 Å². The van der Waals surface area contributed by atoms with Crippen LogP contribution < -0.4 is 0 Å². The van der Waals surface area contributed by atoms with Crippen molar-refractivity contribution in [1.82, 2.24) is 0 Å². The summed E-state index contributed by atoms with van der Waals surface area (Å²) in [5.41, 5.74) is 0. The molecule has 0 amide bonds. The van der Waals surface area contributed by atoms with Gasteiger partial charge in [0.15, 0.2) is 0 Å². The van der Waals surface area contributed by atoms with Crippen LogP contribution in [0.3, 0.4) is 0 Å². The second kappa shape index (κ2) is 4.43. The number of hydrogen-bond acceptors (Lipinski definition) is 2. The van der Waals surface area contributed by atoms with Gasteiger partial charge in [-0.15, -0.1) is 11.8 Å². The minimum absolute atomic E-state index is 0.207. The first kappa shape index (κ1) is 12.8. The Balaban J connectivity index is 1.77. The third kappa shape index (κ3) is 2.19. The van der Waals surface area contributed by atoms with Crippen LogP contribution in [0.4, 0.5) is 0 Å². The van der Waals surface area contributed by atoms with Gasteiger partial charge in [0.05, 0.1) is 0 Å². The van der Waals surface area contributed by atoms with E-state index in [1.807, 2.05) is 25.6 Å². The van der Waals surface area contributed by atoms with Crippen LogP contribution in [0.15, 0.2) is 0 Å². The zero-order valence-corrected chi connectivity index (χ0v) is 12.2. The number of aliphatic carboxylic acids is 1. The van der Waals surface area contributed by atoms with Crippen molar-refractivity contribution < 1.29 is 9.90 Å². The van der Waals surface area contributed by atoms with Gasteiger partial charge in [0.25, 0.3) is 0 Å². The molecule has 0 aromatic heterocycles. The molecule has 1 N–H and O–H groups in total. The maximum atomic E-state index is 11.4. The molecule has 0 heterocycles. The van der Waals surface area contributed by atoms with E-state index in [1.165, 1.54) is 38.5 Å². The van der Waals surface area contributed by atoms with Gasteiger partial charge in [0.2, 0.25) is 0 Å². The van der Waals surface area contributed by atoms with E-state index in [0.29, 0.717) is 4.75 Å². The fourth-order valence-electron chi connectivity index (χ4n) is 4.92. The molecule has 4 aliphatic rings. The average molecular weight is 268 g/mol. The second-order valence-corrected chi connectivity index (χ2v) is 8.83. The zero-order chi connectivity index (χ0) is 12.9. The van der Waals surface area contributed by atoms with Crippen molar-refractivity contribution in [3.8, 4) is 0 Å². The first-order valence-corrected chi connectivity index (χ1v) is 8.26. The summed E-state index contributed by atoms with van der Waals surface area (Å²) in [6.07, 6.45) is 8.16. The molecule has 1 unspecified atom stereocenters. The number of carboxylic acids is 1. The topological polar surface area (TPSA) is 37.3 Å². The van der Waals surface area contributed by atoms with E-state index in [-0.39, 0.29) is 11.2 Å². The SMILES string of the molecule is CC(C)C(SC12CC3CC(CC(C3)C1)C2)C(=O)O. The van der Waals surface area contributed by atoms with Crippen LogP contribution in [0.2, 0.25) is 0 Å². The van der Waals surface area contributed by atoms with Crippen LogP contribution in [-0.4, -0.2) is 21.1 Å². The van der Waals surface area contributed by atoms with E-state index in [4.69, 9.17) is 0 Å². The summed E-state index contributed by atoms with van der Waals surface area (Å²) in [4.78, 5) is 11.4. The highest BCUT2D eigenvalue weighted by molar-refractivity contribution is 8.02. The molecular formula is C15H24O2S. The summed E-state index contributed by atoms with van der Waals surface area (Å²) in [7, 11) is 0. The molecule has 0 radical (unpaired) electrons. The van der Waals surface area contributed by atoms with E-state index in [9.17, 15) is 9.90 Å². The molecule has 2 nitrogen and oxygen atoms in total. The summed E-state index contributed by atoms with van der Waals surface area (Å²) < 4.78 is 0.322. The van der Waals surface area contributed by atoms with Crippen LogP contribution in [0.1, 0.15) is 52.4 Å². The Bertz CT molecular complexity index is 315. The molecule has 3 heteroatoms. The molecule has 0 aromatic rings. The fraction of sp³-hybridized carbons (Fsp3) is 0.933. The molecule has 4 aliphatic carbocycles. The van der Waals surface area contributed by atoms with Crippen molar-refractivity contribution in [2.24, 2.45) is 23.7 Å². The minimum atomic E-state index is -0.606. The van der Waals surface area contributed by atoms with Crippen molar-refractivity contribution in [1.29, 1.82) is 0 Å². The molecule has 4 bridgehead atoms. The van der Waals surface area contributed by atoms with Gasteiger partial charge in [-0.25, -0.2) is 0 Å². The minimum Gasteiger partial charge on any atom is -0.480 e. The van der Waals surface area contributed by atoms with Gasteiger partial charge in [-0.3, -0.25) is 4.79 Å². The monoisotopic (exact) mass is 268 g/mol. The number of carboxylic acid groups (broad SMARTS) is 1. The molecule has 0 aromatic carbocycles.